The zero-order chi connectivity index (χ0) is 60.2. The summed E-state index contributed by atoms with van der Waals surface area (Å²) in [4.78, 5) is 0. The van der Waals surface area contributed by atoms with Crippen LogP contribution in [0.25, 0.3) is 0 Å². The van der Waals surface area contributed by atoms with Crippen molar-refractivity contribution in [2.45, 2.75) is 221 Å². The summed E-state index contributed by atoms with van der Waals surface area (Å²) in [6.45, 7) is -6.58. The second-order valence-electron chi connectivity index (χ2n) is 20.6. The summed E-state index contributed by atoms with van der Waals surface area (Å²) in [5, 5.41) is 235. The summed E-state index contributed by atoms with van der Waals surface area (Å²) in [6.07, 6.45) is -67.5. The Morgan fingerprint density at radius 1 is 0.256 bits per heavy atom. The molecule has 0 spiro atoms. The van der Waals surface area contributed by atoms with E-state index in [1.807, 2.05) is 0 Å². The monoisotopic (exact) mass is 1210 g/mol. The van der Waals surface area contributed by atoms with Crippen molar-refractivity contribution in [2.75, 3.05) is 59.4 Å². The van der Waals surface area contributed by atoms with E-state index in [1.165, 1.54) is 0 Å². The molecular weight excluding hydrogens is 1130 g/mol. The number of ether oxygens (including phenoxy) is 14. The van der Waals surface area contributed by atoms with E-state index in [9.17, 15) is 112 Å². The molecule has 37 nitrogen and oxygen atoms in total. The molecule has 0 aliphatic carbocycles. The minimum Gasteiger partial charge on any atom is -0.394 e. The Hall–Kier alpha value is -1.48. The molecular formula is C45H79NO36. The average Bonchev–Trinajstić information content (AvgIpc) is 3.67. The highest BCUT2D eigenvalue weighted by atomic mass is 16.8. The van der Waals surface area contributed by atoms with Crippen LogP contribution in [0.4, 0.5) is 0 Å². The molecule has 7 saturated heterocycles. The van der Waals surface area contributed by atoms with Crippen LogP contribution in [-0.4, -0.2) is 387 Å². The van der Waals surface area contributed by atoms with Crippen LogP contribution in [0.5, 0.6) is 0 Å². The van der Waals surface area contributed by atoms with Crippen molar-refractivity contribution >= 4 is 0 Å². The van der Waals surface area contributed by atoms with Gasteiger partial charge in [-0.2, -0.15) is 0 Å². The van der Waals surface area contributed by atoms with E-state index in [0.717, 1.165) is 0 Å². The Labute approximate surface area is 464 Å². The van der Waals surface area contributed by atoms with Gasteiger partial charge in [-0.1, -0.05) is 0 Å². The highest BCUT2D eigenvalue weighted by Gasteiger charge is 2.58. The van der Waals surface area contributed by atoms with E-state index in [-0.39, 0.29) is 19.6 Å². The van der Waals surface area contributed by atoms with E-state index in [0.29, 0.717) is 0 Å². The van der Waals surface area contributed by atoms with Gasteiger partial charge in [0, 0.05) is 0 Å². The van der Waals surface area contributed by atoms with Crippen molar-refractivity contribution in [3.63, 3.8) is 0 Å². The van der Waals surface area contributed by atoms with E-state index in [2.05, 4.69) is 0 Å². The first-order chi connectivity index (χ1) is 39.0. The second-order valence-corrected chi connectivity index (χ2v) is 20.6. The highest BCUT2D eigenvalue weighted by Crippen LogP contribution is 2.37. The van der Waals surface area contributed by atoms with Gasteiger partial charge in [-0.05, 0) is 13.0 Å². The Kier molecular flexibility index (Phi) is 25.0. The second kappa shape index (κ2) is 30.1. The van der Waals surface area contributed by atoms with Gasteiger partial charge in [0.15, 0.2) is 44.0 Å². The molecule has 35 atom stereocenters. The quantitative estimate of drug-likeness (QED) is 0.0423. The van der Waals surface area contributed by atoms with Crippen molar-refractivity contribution < 1.29 is 179 Å². The van der Waals surface area contributed by atoms with Gasteiger partial charge in [0.25, 0.3) is 0 Å². The normalized spacial score (nSPS) is 51.5. The zero-order valence-corrected chi connectivity index (χ0v) is 43.4. The Morgan fingerprint density at radius 3 is 0.939 bits per heavy atom. The number of aliphatic hydroxyl groups excluding tert-OH is 22. The van der Waals surface area contributed by atoms with Gasteiger partial charge in [0.05, 0.1) is 52.9 Å². The number of rotatable bonds is 23. The van der Waals surface area contributed by atoms with Crippen LogP contribution < -0.4 is 5.73 Å². The minimum absolute atomic E-state index is 0.0715. The summed E-state index contributed by atoms with van der Waals surface area (Å²) in [7, 11) is 0. The molecule has 0 aromatic carbocycles. The van der Waals surface area contributed by atoms with E-state index >= 15 is 0 Å². The summed E-state index contributed by atoms with van der Waals surface area (Å²) in [6, 6.07) is 0. The standard InChI is InChI=1S/C45H79NO36/c46-2-1-3-69-40-34(68)35(79-44-38(30(64)22(56)14(7-50)75-44)82-45-37(29(63)21(55)15(8-51)76-45)81-42-33(67)26(60)19(53)12(5-48)73-42)24(58)17(78-40)10-70-39-31(65)27(61)23(57)16(77-39)9-71-43-36(28(62)20(54)13(6-49)74-43)80-41-32(66)25(59)18(52)11(4-47)72-41/h11-45,47-68H,1-10,46H2/t11-,12-,13-,14-,15-,16-,17-,18-,19-,20-,21-,22-,23-,24-,25+,26+,27+,28+,29+,30+,31+,32+,33+,34+,35+,36+,37+,38+,39+,40+,41-,42-,43+,44-,45-/m1/s1. The molecule has 0 aromatic rings. The zero-order valence-electron chi connectivity index (χ0n) is 43.4. The maximum atomic E-state index is 11.9. The van der Waals surface area contributed by atoms with E-state index in [4.69, 9.17) is 72.0 Å². The van der Waals surface area contributed by atoms with Crippen LogP contribution in [0.2, 0.25) is 0 Å². The molecule has 82 heavy (non-hydrogen) atoms. The van der Waals surface area contributed by atoms with Crippen LogP contribution in [-0.2, 0) is 66.3 Å². The van der Waals surface area contributed by atoms with E-state index < -0.39 is 261 Å². The van der Waals surface area contributed by atoms with Crippen LogP contribution >= 0.6 is 0 Å². The average molecular weight is 1210 g/mol. The van der Waals surface area contributed by atoms with Gasteiger partial charge in [-0.25, -0.2) is 0 Å². The maximum absolute atomic E-state index is 11.9. The van der Waals surface area contributed by atoms with Gasteiger partial charge in [0.1, 0.15) is 171 Å². The third-order valence-corrected chi connectivity index (χ3v) is 15.1. The lowest BCUT2D eigenvalue weighted by atomic mass is 9.95. The molecule has 7 rings (SSSR count). The molecule has 24 N–H and O–H groups in total. The lowest BCUT2D eigenvalue weighted by Gasteiger charge is -2.50. The van der Waals surface area contributed by atoms with E-state index in [1.54, 1.807) is 0 Å². The molecule has 0 amide bonds. The molecule has 37 heteroatoms. The van der Waals surface area contributed by atoms with Crippen molar-refractivity contribution in [1.29, 1.82) is 0 Å². The number of hydrogen-bond acceptors (Lipinski definition) is 37. The highest BCUT2D eigenvalue weighted by molar-refractivity contribution is 5.00. The molecule has 0 aromatic heterocycles. The molecule has 0 saturated carbocycles. The Balaban J connectivity index is 1.08. The summed E-state index contributed by atoms with van der Waals surface area (Å²) in [5.41, 5.74) is 5.64. The predicted molar refractivity (Wildman–Crippen MR) is 249 cm³/mol. The Bertz CT molecular complexity index is 1890. The molecule has 7 fully saturated rings. The number of aliphatic hydroxyl groups is 22. The Morgan fingerprint density at radius 2 is 0.537 bits per heavy atom. The number of hydrogen-bond donors (Lipinski definition) is 23. The lowest BCUT2D eigenvalue weighted by molar-refractivity contribution is -0.404. The lowest BCUT2D eigenvalue weighted by Crippen LogP contribution is -2.68. The first-order valence-electron chi connectivity index (χ1n) is 26.3. The first-order valence-corrected chi connectivity index (χ1v) is 26.3. The van der Waals surface area contributed by atoms with Crippen molar-refractivity contribution in [3.8, 4) is 0 Å². The van der Waals surface area contributed by atoms with Gasteiger partial charge >= 0.3 is 0 Å². The van der Waals surface area contributed by atoms with Crippen LogP contribution in [0.15, 0.2) is 0 Å². The topological polar surface area (TPSA) is 600 Å². The first kappa shape index (κ1) is 68.0. The fraction of sp³-hybridized carbons (Fsp3) is 1.00. The van der Waals surface area contributed by atoms with Crippen LogP contribution in [0.3, 0.4) is 0 Å². The third kappa shape index (κ3) is 14.6. The predicted octanol–water partition coefficient (Wildman–Crippen LogP) is -15.9. The number of nitrogens with two attached hydrogens (primary N) is 1. The van der Waals surface area contributed by atoms with Crippen LogP contribution in [0, 0.1) is 0 Å². The van der Waals surface area contributed by atoms with Crippen LogP contribution in [0.1, 0.15) is 6.42 Å². The smallest absolute Gasteiger partial charge is 0.187 e. The fourth-order valence-corrected chi connectivity index (χ4v) is 10.1. The summed E-state index contributed by atoms with van der Waals surface area (Å²) >= 11 is 0. The maximum Gasteiger partial charge on any atom is 0.187 e. The summed E-state index contributed by atoms with van der Waals surface area (Å²) < 4.78 is 80.0. The van der Waals surface area contributed by atoms with Gasteiger partial charge in [-0.15, -0.1) is 0 Å². The SMILES string of the molecule is NCCCO[C@H]1O[C@H](CO[C@H]2O[C@H](CO[C@H]3O[C@H](CO)[C@@H](O)[C@H](O)[C@@H]3O[C@H]3O[C@H](CO)[C@@H](O)[C@H](O)[C@@H]3O)[C@@H](O)[C@H](O)[C@@H]2O)[C@@H](O)[C@H](O[C@H]2O[C@H](CO)[C@@H](O)[C@H](O)[C@@H]2O[C@H]2O[C@H](CO)[C@@H](O)[C@H](O)[C@@H]2O[C@H]2O[C@H](CO)[C@@H](O)[C@H](O)[C@@H]2O)[C@@H]1O. The van der Waals surface area contributed by atoms with Gasteiger partial charge < -0.3 is 184 Å². The largest absolute Gasteiger partial charge is 0.394 e. The molecule has 480 valence electrons. The van der Waals surface area contributed by atoms with Crippen molar-refractivity contribution in [3.05, 3.63) is 0 Å². The molecule has 7 heterocycles. The van der Waals surface area contributed by atoms with Gasteiger partial charge in [0.2, 0.25) is 0 Å². The molecule has 0 unspecified atom stereocenters. The molecule has 0 radical (unpaired) electrons. The van der Waals surface area contributed by atoms with Crippen molar-refractivity contribution in [2.24, 2.45) is 5.73 Å². The summed E-state index contributed by atoms with van der Waals surface area (Å²) in [5.74, 6) is 0. The fourth-order valence-electron chi connectivity index (χ4n) is 10.1. The molecule has 0 bridgehead atoms. The third-order valence-electron chi connectivity index (χ3n) is 15.1. The molecule has 7 aliphatic rings. The van der Waals surface area contributed by atoms with Gasteiger partial charge in [-0.3, -0.25) is 0 Å². The van der Waals surface area contributed by atoms with Crippen molar-refractivity contribution in [1.82, 2.24) is 0 Å². The minimum atomic E-state index is -2.20. The molecule has 7 aliphatic heterocycles.